The lowest BCUT2D eigenvalue weighted by Gasteiger charge is -2.33. The van der Waals surface area contributed by atoms with Crippen molar-refractivity contribution in [1.29, 1.82) is 0 Å². The predicted molar refractivity (Wildman–Crippen MR) is 153 cm³/mol. The Morgan fingerprint density at radius 2 is 1.62 bits per heavy atom. The molecule has 0 aliphatic rings. The van der Waals surface area contributed by atoms with Gasteiger partial charge >= 0.3 is 0 Å². The molecule has 0 heterocycles. The molecule has 9 heteroatoms. The van der Waals surface area contributed by atoms with E-state index in [9.17, 15) is 18.0 Å². The van der Waals surface area contributed by atoms with Gasteiger partial charge in [0.1, 0.15) is 18.3 Å². The summed E-state index contributed by atoms with van der Waals surface area (Å²) in [4.78, 5) is 28.6. The molecular weight excluding hydrogens is 514 g/mol. The molecule has 0 radical (unpaired) electrons. The number of hydrogen-bond donors (Lipinski definition) is 1. The maximum Gasteiger partial charge on any atom is 0.264 e. The number of methoxy groups -OCH3 is 1. The quantitative estimate of drug-likeness (QED) is 0.359. The number of likely N-dealkylation sites (N-methyl/N-ethyl adjacent to an activating group) is 1. The standard InChI is InChI=1S/C30H37N3O5S/c1-6-28(30(35)31-7-2)32(20-24-11-9-13-26(19-24)38-5)29(34)21-33(25-12-8-10-23(4)18-25)39(36,37)27-16-14-22(3)15-17-27/h8-19,28H,6-7,20-21H2,1-5H3,(H,31,35). The maximum atomic E-state index is 14.0. The van der Waals surface area contributed by atoms with E-state index in [0.717, 1.165) is 21.0 Å². The van der Waals surface area contributed by atoms with Crippen LogP contribution < -0.4 is 14.4 Å². The van der Waals surface area contributed by atoms with Crippen LogP contribution in [0.25, 0.3) is 0 Å². The van der Waals surface area contributed by atoms with Crippen LogP contribution in [0.3, 0.4) is 0 Å². The number of aryl methyl sites for hydroxylation is 2. The van der Waals surface area contributed by atoms with E-state index < -0.39 is 28.5 Å². The van der Waals surface area contributed by atoms with Crippen LogP contribution in [-0.4, -0.2) is 51.4 Å². The van der Waals surface area contributed by atoms with Crippen molar-refractivity contribution in [3.8, 4) is 5.75 Å². The van der Waals surface area contributed by atoms with Crippen molar-refractivity contribution >= 4 is 27.5 Å². The van der Waals surface area contributed by atoms with Gasteiger partial charge in [-0.25, -0.2) is 8.42 Å². The third kappa shape index (κ3) is 7.38. The highest BCUT2D eigenvalue weighted by molar-refractivity contribution is 7.92. The van der Waals surface area contributed by atoms with Crippen LogP contribution in [0.15, 0.2) is 77.7 Å². The van der Waals surface area contributed by atoms with Gasteiger partial charge in [0.05, 0.1) is 17.7 Å². The van der Waals surface area contributed by atoms with Crippen LogP contribution in [0, 0.1) is 13.8 Å². The molecule has 0 aromatic heterocycles. The van der Waals surface area contributed by atoms with Gasteiger partial charge in [-0.3, -0.25) is 13.9 Å². The number of nitrogens with zero attached hydrogens (tertiary/aromatic N) is 2. The summed E-state index contributed by atoms with van der Waals surface area (Å²) in [5.41, 5.74) is 2.90. The van der Waals surface area contributed by atoms with E-state index in [1.807, 2.05) is 45.9 Å². The summed E-state index contributed by atoms with van der Waals surface area (Å²) in [5.74, 6) is -0.165. The van der Waals surface area contributed by atoms with Gasteiger partial charge in [0.25, 0.3) is 10.0 Å². The van der Waals surface area contributed by atoms with Crippen molar-refractivity contribution < 1.29 is 22.7 Å². The van der Waals surface area contributed by atoms with E-state index in [2.05, 4.69) is 5.32 Å². The zero-order chi connectivity index (χ0) is 28.6. The molecule has 0 spiro atoms. The van der Waals surface area contributed by atoms with Crippen LogP contribution in [0.4, 0.5) is 5.69 Å². The van der Waals surface area contributed by atoms with Crippen molar-refractivity contribution in [3.05, 3.63) is 89.5 Å². The fourth-order valence-corrected chi connectivity index (χ4v) is 5.73. The maximum absolute atomic E-state index is 14.0. The second kappa shape index (κ2) is 13.3. The van der Waals surface area contributed by atoms with Crippen LogP contribution in [0.5, 0.6) is 5.75 Å². The molecule has 3 aromatic carbocycles. The molecule has 0 bridgehead atoms. The minimum absolute atomic E-state index is 0.0810. The molecule has 3 aromatic rings. The van der Waals surface area contributed by atoms with Crippen LogP contribution >= 0.6 is 0 Å². The van der Waals surface area contributed by atoms with E-state index >= 15 is 0 Å². The predicted octanol–water partition coefficient (Wildman–Crippen LogP) is 4.45. The van der Waals surface area contributed by atoms with Crippen LogP contribution in [0.2, 0.25) is 0 Å². The Bertz CT molecular complexity index is 1390. The molecule has 39 heavy (non-hydrogen) atoms. The lowest BCUT2D eigenvalue weighted by atomic mass is 10.1. The van der Waals surface area contributed by atoms with Gasteiger partial charge in [-0.15, -0.1) is 0 Å². The van der Waals surface area contributed by atoms with Gasteiger partial charge < -0.3 is 15.0 Å². The molecule has 0 fully saturated rings. The van der Waals surface area contributed by atoms with Crippen molar-refractivity contribution in [2.45, 2.75) is 51.6 Å². The van der Waals surface area contributed by atoms with Gasteiger partial charge in [-0.05, 0) is 74.7 Å². The highest BCUT2D eigenvalue weighted by Crippen LogP contribution is 2.26. The van der Waals surface area contributed by atoms with Gasteiger partial charge in [0.15, 0.2) is 0 Å². The SMILES string of the molecule is CCNC(=O)C(CC)N(Cc1cccc(OC)c1)C(=O)CN(c1cccc(C)c1)S(=O)(=O)c1ccc(C)cc1. The molecule has 0 aliphatic carbocycles. The summed E-state index contributed by atoms with van der Waals surface area (Å²) in [6.45, 7) is 7.42. The van der Waals surface area contributed by atoms with Gasteiger partial charge in [0.2, 0.25) is 11.8 Å². The molecule has 1 N–H and O–H groups in total. The summed E-state index contributed by atoms with van der Waals surface area (Å²) in [5, 5.41) is 2.80. The Hall–Kier alpha value is -3.85. The van der Waals surface area contributed by atoms with Crippen LogP contribution in [0.1, 0.15) is 37.0 Å². The Balaban J connectivity index is 2.07. The Morgan fingerprint density at radius 1 is 0.923 bits per heavy atom. The first kappa shape index (κ1) is 29.7. The first-order valence-corrected chi connectivity index (χ1v) is 14.4. The van der Waals surface area contributed by atoms with E-state index in [-0.39, 0.29) is 17.3 Å². The zero-order valence-corrected chi connectivity index (χ0v) is 24.0. The molecular formula is C30H37N3O5S. The number of ether oxygens (including phenoxy) is 1. The topological polar surface area (TPSA) is 96.0 Å². The van der Waals surface area contributed by atoms with Crippen molar-refractivity contribution in [2.24, 2.45) is 0 Å². The van der Waals surface area contributed by atoms with Crippen LogP contribution in [-0.2, 0) is 26.2 Å². The molecule has 1 unspecified atom stereocenters. The first-order chi connectivity index (χ1) is 18.6. The number of sulfonamides is 1. The average molecular weight is 552 g/mol. The number of carbonyl (C=O) groups excluding carboxylic acids is 2. The number of anilines is 1. The summed E-state index contributed by atoms with van der Waals surface area (Å²) < 4.78 is 34.2. The number of carbonyl (C=O) groups is 2. The molecule has 1 atom stereocenters. The van der Waals surface area contributed by atoms with Gasteiger partial charge in [0, 0.05) is 13.1 Å². The summed E-state index contributed by atoms with van der Waals surface area (Å²) in [7, 11) is -2.54. The monoisotopic (exact) mass is 551 g/mol. The number of hydrogen-bond acceptors (Lipinski definition) is 5. The second-order valence-corrected chi connectivity index (χ2v) is 11.2. The number of rotatable bonds is 12. The second-order valence-electron chi connectivity index (χ2n) is 9.36. The fraction of sp³-hybridized carbons (Fsp3) is 0.333. The molecule has 3 rings (SSSR count). The van der Waals surface area contributed by atoms with E-state index in [0.29, 0.717) is 24.4 Å². The molecule has 8 nitrogen and oxygen atoms in total. The Kier molecular flexibility index (Phi) is 10.1. The minimum Gasteiger partial charge on any atom is -0.497 e. The fourth-order valence-electron chi connectivity index (χ4n) is 4.33. The highest BCUT2D eigenvalue weighted by Gasteiger charge is 2.33. The van der Waals surface area contributed by atoms with Gasteiger partial charge in [-0.2, -0.15) is 0 Å². The highest BCUT2D eigenvalue weighted by atomic mass is 32.2. The lowest BCUT2D eigenvalue weighted by molar-refractivity contribution is -0.140. The third-order valence-corrected chi connectivity index (χ3v) is 8.19. The van der Waals surface area contributed by atoms with E-state index in [1.165, 1.54) is 17.0 Å². The summed E-state index contributed by atoms with van der Waals surface area (Å²) in [6.07, 6.45) is 0.358. The zero-order valence-electron chi connectivity index (χ0n) is 23.2. The van der Waals surface area contributed by atoms with E-state index in [1.54, 1.807) is 49.6 Å². The Labute approximate surface area is 231 Å². The third-order valence-electron chi connectivity index (χ3n) is 6.40. The molecule has 0 saturated heterocycles. The normalized spacial score (nSPS) is 11.9. The molecule has 0 aliphatic heterocycles. The van der Waals surface area contributed by atoms with Crippen molar-refractivity contribution in [1.82, 2.24) is 10.2 Å². The number of benzene rings is 3. The smallest absolute Gasteiger partial charge is 0.264 e. The molecule has 2 amide bonds. The molecule has 0 saturated carbocycles. The summed E-state index contributed by atoms with van der Waals surface area (Å²) >= 11 is 0. The van der Waals surface area contributed by atoms with Gasteiger partial charge in [-0.1, -0.05) is 48.9 Å². The first-order valence-electron chi connectivity index (χ1n) is 13.0. The minimum atomic E-state index is -4.10. The van der Waals surface area contributed by atoms with E-state index in [4.69, 9.17) is 4.74 Å². The lowest BCUT2D eigenvalue weighted by Crippen LogP contribution is -2.52. The summed E-state index contributed by atoms with van der Waals surface area (Å²) in [6, 6.07) is 20.0. The van der Waals surface area contributed by atoms with Crippen molar-refractivity contribution in [2.75, 3.05) is 24.5 Å². The van der Waals surface area contributed by atoms with Crippen molar-refractivity contribution in [3.63, 3.8) is 0 Å². The Morgan fingerprint density at radius 3 is 2.23 bits per heavy atom. The number of nitrogens with one attached hydrogen (secondary N) is 1. The average Bonchev–Trinajstić information content (AvgIpc) is 2.92. The molecule has 208 valence electrons. The number of amides is 2. The largest absolute Gasteiger partial charge is 0.497 e.